The number of aryl methyl sites for hydroxylation is 1. The average Bonchev–Trinajstić information content (AvgIpc) is 3.38. The minimum atomic E-state index is -0.119. The van der Waals surface area contributed by atoms with Crippen LogP contribution in [-0.2, 0) is 13.0 Å². The molecule has 0 saturated carbocycles. The number of rotatable bonds is 7. The molecule has 5 nitrogen and oxygen atoms in total. The third-order valence-corrected chi connectivity index (χ3v) is 6.83. The van der Waals surface area contributed by atoms with E-state index in [9.17, 15) is 4.79 Å². The molecule has 1 aliphatic rings. The number of nitrogens with zero attached hydrogens (tertiary/aromatic N) is 3. The molecule has 1 fully saturated rings. The summed E-state index contributed by atoms with van der Waals surface area (Å²) in [4.78, 5) is 20.0. The van der Waals surface area contributed by atoms with E-state index >= 15 is 0 Å². The van der Waals surface area contributed by atoms with Crippen LogP contribution in [0.1, 0.15) is 55.4 Å². The number of nitrogens with one attached hydrogen (secondary N) is 1. The largest absolute Gasteiger partial charge is 0.371 e. The molecule has 3 heterocycles. The maximum Gasteiger partial charge on any atom is 0.270 e. The van der Waals surface area contributed by atoms with Gasteiger partial charge in [-0.05, 0) is 42.0 Å². The van der Waals surface area contributed by atoms with Gasteiger partial charge in [0.2, 0.25) is 0 Å². The summed E-state index contributed by atoms with van der Waals surface area (Å²) in [5.41, 5.74) is 4.42. The van der Waals surface area contributed by atoms with Crippen LogP contribution < -0.4 is 10.2 Å². The van der Waals surface area contributed by atoms with Crippen molar-refractivity contribution in [3.8, 4) is 0 Å². The van der Waals surface area contributed by atoms with Crippen LogP contribution >= 0.6 is 11.6 Å². The summed E-state index contributed by atoms with van der Waals surface area (Å²) < 4.78 is 1.81. The summed E-state index contributed by atoms with van der Waals surface area (Å²) >= 11 is 6.08. The average molecular weight is 439 g/mol. The molecule has 0 radical (unpaired) electrons. The summed E-state index contributed by atoms with van der Waals surface area (Å²) in [6.45, 7) is 9.36. The first kappa shape index (κ1) is 21.7. The van der Waals surface area contributed by atoms with Crippen LogP contribution in [0.4, 0.5) is 5.69 Å². The van der Waals surface area contributed by atoms with E-state index in [0.29, 0.717) is 29.3 Å². The van der Waals surface area contributed by atoms with Crippen LogP contribution in [0.2, 0.25) is 5.02 Å². The van der Waals surface area contributed by atoms with Gasteiger partial charge in [0.25, 0.3) is 5.91 Å². The van der Waals surface area contributed by atoms with E-state index < -0.39 is 0 Å². The predicted octanol–water partition coefficient (Wildman–Crippen LogP) is 5.35. The zero-order chi connectivity index (χ0) is 22.0. The van der Waals surface area contributed by atoms with E-state index in [-0.39, 0.29) is 5.91 Å². The second-order valence-electron chi connectivity index (χ2n) is 8.42. The molecule has 2 aromatic heterocycles. The van der Waals surface area contributed by atoms with E-state index in [1.165, 1.54) is 18.5 Å². The Labute approximate surface area is 189 Å². The number of fused-ring (bicyclic) bond motifs is 1. The number of anilines is 1. The van der Waals surface area contributed by atoms with Crippen LogP contribution in [0.15, 0.2) is 42.6 Å². The normalized spacial score (nSPS) is 18.6. The lowest BCUT2D eigenvalue weighted by atomic mass is 9.92. The van der Waals surface area contributed by atoms with Gasteiger partial charge in [-0.2, -0.15) is 0 Å². The van der Waals surface area contributed by atoms with Crippen LogP contribution in [-0.4, -0.2) is 28.4 Å². The standard InChI is InChI=1S/C25H31ClN4O/c1-4-18-15-29(16-19(18)5-2)21-9-7-17(8-10-21)14-27-25(31)24-22(6-3)28-23-13-20(26)11-12-30(23)24/h7-13,18-19H,4-6,14-16H2,1-3H3,(H,27,31). The summed E-state index contributed by atoms with van der Waals surface area (Å²) in [5, 5.41) is 3.67. The lowest BCUT2D eigenvalue weighted by Crippen LogP contribution is -2.25. The van der Waals surface area contributed by atoms with Gasteiger partial charge in [0.05, 0.1) is 5.69 Å². The van der Waals surface area contributed by atoms with Gasteiger partial charge in [-0.1, -0.05) is 57.3 Å². The SMILES string of the molecule is CCc1nc2cc(Cl)ccn2c1C(=O)NCc1ccc(N2CC(CC)C(CC)C2)cc1. The third kappa shape index (κ3) is 4.42. The Morgan fingerprint density at radius 2 is 1.77 bits per heavy atom. The van der Waals surface area contributed by atoms with Gasteiger partial charge >= 0.3 is 0 Å². The first-order valence-electron chi connectivity index (χ1n) is 11.3. The highest BCUT2D eigenvalue weighted by Gasteiger charge is 2.30. The van der Waals surface area contributed by atoms with Gasteiger partial charge < -0.3 is 10.2 Å². The number of carbonyl (C=O) groups excluding carboxylic acids is 1. The van der Waals surface area contributed by atoms with Crippen molar-refractivity contribution < 1.29 is 4.79 Å². The number of hydrogen-bond donors (Lipinski definition) is 1. The molecule has 0 aliphatic carbocycles. The maximum absolute atomic E-state index is 13.0. The molecule has 2 unspecified atom stereocenters. The monoisotopic (exact) mass is 438 g/mol. The topological polar surface area (TPSA) is 49.6 Å². The van der Waals surface area contributed by atoms with E-state index in [1.807, 2.05) is 11.3 Å². The van der Waals surface area contributed by atoms with E-state index in [2.05, 4.69) is 53.3 Å². The Morgan fingerprint density at radius 3 is 2.39 bits per heavy atom. The summed E-state index contributed by atoms with van der Waals surface area (Å²) in [6, 6.07) is 12.1. The van der Waals surface area contributed by atoms with Crippen molar-refractivity contribution in [2.24, 2.45) is 11.8 Å². The first-order chi connectivity index (χ1) is 15.0. The van der Waals surface area contributed by atoms with E-state index in [4.69, 9.17) is 11.6 Å². The Bertz CT molecular complexity index is 1050. The number of carbonyl (C=O) groups is 1. The van der Waals surface area contributed by atoms with Gasteiger partial charge in [-0.3, -0.25) is 9.20 Å². The molecule has 1 aromatic carbocycles. The lowest BCUT2D eigenvalue weighted by Gasteiger charge is -2.19. The second-order valence-corrected chi connectivity index (χ2v) is 8.86. The summed E-state index contributed by atoms with van der Waals surface area (Å²) in [7, 11) is 0. The fourth-order valence-corrected chi connectivity index (χ4v) is 4.87. The smallest absolute Gasteiger partial charge is 0.270 e. The fourth-order valence-electron chi connectivity index (χ4n) is 4.72. The number of pyridine rings is 1. The number of benzene rings is 1. The molecule has 0 bridgehead atoms. The Balaban J connectivity index is 1.43. The van der Waals surface area contributed by atoms with Gasteiger partial charge in [0, 0.05) is 42.6 Å². The van der Waals surface area contributed by atoms with Crippen molar-refractivity contribution in [3.63, 3.8) is 0 Å². The molecule has 6 heteroatoms. The van der Waals surface area contributed by atoms with Gasteiger partial charge in [0.15, 0.2) is 0 Å². The minimum Gasteiger partial charge on any atom is -0.371 e. The molecule has 164 valence electrons. The number of aromatic nitrogens is 2. The Morgan fingerprint density at radius 1 is 1.10 bits per heavy atom. The zero-order valence-electron chi connectivity index (χ0n) is 18.6. The number of halogens is 1. The van der Waals surface area contributed by atoms with Gasteiger partial charge in [0.1, 0.15) is 11.3 Å². The molecule has 1 aliphatic heterocycles. The fraction of sp³-hybridized carbons (Fsp3) is 0.440. The molecule has 3 aromatic rings. The molecule has 0 spiro atoms. The van der Waals surface area contributed by atoms with E-state index in [0.717, 1.165) is 36.2 Å². The lowest BCUT2D eigenvalue weighted by molar-refractivity contribution is 0.0944. The molecular formula is C25H31ClN4O. The number of hydrogen-bond acceptors (Lipinski definition) is 3. The van der Waals surface area contributed by atoms with Crippen LogP contribution in [0.3, 0.4) is 0 Å². The van der Waals surface area contributed by atoms with E-state index in [1.54, 1.807) is 18.3 Å². The summed E-state index contributed by atoms with van der Waals surface area (Å²) in [6.07, 6.45) is 4.98. The quantitative estimate of drug-likeness (QED) is 0.540. The highest BCUT2D eigenvalue weighted by Crippen LogP contribution is 2.32. The molecule has 1 amide bonds. The van der Waals surface area contributed by atoms with Crippen molar-refractivity contribution in [2.45, 2.75) is 46.6 Å². The van der Waals surface area contributed by atoms with Gasteiger partial charge in [-0.15, -0.1) is 0 Å². The Kier molecular flexibility index (Phi) is 6.51. The molecule has 2 atom stereocenters. The number of amides is 1. The third-order valence-electron chi connectivity index (χ3n) is 6.59. The van der Waals surface area contributed by atoms with Crippen molar-refractivity contribution in [3.05, 3.63) is 64.6 Å². The van der Waals surface area contributed by atoms with Crippen molar-refractivity contribution in [1.29, 1.82) is 0 Å². The number of imidazole rings is 1. The van der Waals surface area contributed by atoms with Crippen molar-refractivity contribution >= 4 is 28.8 Å². The minimum absolute atomic E-state index is 0.119. The Hall–Kier alpha value is -2.53. The molecule has 1 saturated heterocycles. The van der Waals surface area contributed by atoms with Crippen LogP contribution in [0.25, 0.3) is 5.65 Å². The van der Waals surface area contributed by atoms with Gasteiger partial charge in [-0.25, -0.2) is 4.98 Å². The first-order valence-corrected chi connectivity index (χ1v) is 11.7. The predicted molar refractivity (Wildman–Crippen MR) is 127 cm³/mol. The van der Waals surface area contributed by atoms with Crippen LogP contribution in [0.5, 0.6) is 0 Å². The molecular weight excluding hydrogens is 408 g/mol. The molecule has 31 heavy (non-hydrogen) atoms. The zero-order valence-corrected chi connectivity index (χ0v) is 19.3. The van der Waals surface area contributed by atoms with Crippen molar-refractivity contribution in [2.75, 3.05) is 18.0 Å². The highest BCUT2D eigenvalue weighted by atomic mass is 35.5. The van der Waals surface area contributed by atoms with Crippen LogP contribution in [0, 0.1) is 11.8 Å². The summed E-state index contributed by atoms with van der Waals surface area (Å²) in [5.74, 6) is 1.46. The molecule has 4 rings (SSSR count). The van der Waals surface area contributed by atoms with Crippen molar-refractivity contribution in [1.82, 2.24) is 14.7 Å². The maximum atomic E-state index is 13.0. The second kappa shape index (κ2) is 9.31. The molecule has 1 N–H and O–H groups in total. The highest BCUT2D eigenvalue weighted by molar-refractivity contribution is 6.30.